The van der Waals surface area contributed by atoms with Gasteiger partial charge in [0.1, 0.15) is 0 Å². The van der Waals surface area contributed by atoms with Gasteiger partial charge in [0.2, 0.25) is 0 Å². The average Bonchev–Trinajstić information content (AvgIpc) is 2.72. The minimum atomic E-state index is -0.714. The van der Waals surface area contributed by atoms with E-state index in [4.69, 9.17) is 0 Å². The Morgan fingerprint density at radius 2 is 1.38 bits per heavy atom. The number of para-hydroxylation sites is 1. The van der Waals surface area contributed by atoms with Crippen LogP contribution in [0.5, 0.6) is 0 Å². The molecule has 0 spiro atoms. The molecule has 2 rings (SSSR count). The maximum atomic E-state index is 12.4. The molecule has 9 heteroatoms. The minimum absolute atomic E-state index is 0.0613. The first-order valence-electron chi connectivity index (χ1n) is 8.38. The Bertz CT molecular complexity index is 935. The molecule has 0 atom stereocenters. The Labute approximate surface area is 166 Å². The number of hydrogen-bond donors (Lipinski definition) is 2. The fourth-order valence-corrected chi connectivity index (χ4v) is 2.29. The number of ketones is 1. The van der Waals surface area contributed by atoms with E-state index in [1.54, 1.807) is 30.3 Å². The first-order valence-corrected chi connectivity index (χ1v) is 8.38. The summed E-state index contributed by atoms with van der Waals surface area (Å²) in [5, 5.41) is 6.40. The van der Waals surface area contributed by atoms with Crippen molar-refractivity contribution in [2.75, 3.05) is 25.0 Å². The summed E-state index contributed by atoms with van der Waals surface area (Å²) in [5.74, 6) is -2.66. The fraction of sp³-hybridized carbons (Fsp3) is 0.150. The molecule has 0 aliphatic heterocycles. The van der Waals surface area contributed by atoms with Gasteiger partial charge in [0.15, 0.2) is 11.5 Å². The molecule has 0 saturated heterocycles. The predicted molar refractivity (Wildman–Crippen MR) is 106 cm³/mol. The Morgan fingerprint density at radius 1 is 0.828 bits per heavy atom. The van der Waals surface area contributed by atoms with Crippen LogP contribution in [0.25, 0.3) is 0 Å². The molecule has 150 valence electrons. The largest absolute Gasteiger partial charge is 0.465 e. The van der Waals surface area contributed by atoms with E-state index < -0.39 is 29.3 Å². The number of nitrogens with one attached hydrogen (secondary N) is 2. The van der Waals surface area contributed by atoms with Gasteiger partial charge in [0.05, 0.1) is 31.0 Å². The van der Waals surface area contributed by atoms with Crippen LogP contribution in [-0.4, -0.2) is 43.6 Å². The van der Waals surface area contributed by atoms with Gasteiger partial charge in [0.25, 0.3) is 5.91 Å². The third kappa shape index (κ3) is 5.73. The topological polar surface area (TPSA) is 123 Å². The molecule has 2 N–H and O–H groups in total. The van der Waals surface area contributed by atoms with E-state index in [2.05, 4.69) is 25.3 Å². The molecule has 9 nitrogen and oxygen atoms in total. The zero-order valence-electron chi connectivity index (χ0n) is 16.0. The van der Waals surface area contributed by atoms with Gasteiger partial charge in [-0.2, -0.15) is 5.10 Å². The van der Waals surface area contributed by atoms with Crippen molar-refractivity contribution in [3.63, 3.8) is 0 Å². The molecule has 0 aromatic heterocycles. The fourth-order valence-electron chi connectivity index (χ4n) is 2.29. The number of rotatable bonds is 7. The maximum absolute atomic E-state index is 12.4. The van der Waals surface area contributed by atoms with Crippen molar-refractivity contribution in [2.45, 2.75) is 6.92 Å². The molecule has 2 aromatic rings. The smallest absolute Gasteiger partial charge is 0.337 e. The van der Waals surface area contributed by atoms with Crippen LogP contribution in [0, 0.1) is 0 Å². The lowest BCUT2D eigenvalue weighted by Gasteiger charge is -2.09. The highest BCUT2D eigenvalue weighted by Crippen LogP contribution is 2.17. The molecule has 1 amide bonds. The molecule has 0 heterocycles. The lowest BCUT2D eigenvalue weighted by Crippen LogP contribution is -2.29. The van der Waals surface area contributed by atoms with E-state index in [9.17, 15) is 19.2 Å². The molecule has 2 aromatic carbocycles. The zero-order chi connectivity index (χ0) is 21.4. The van der Waals surface area contributed by atoms with Gasteiger partial charge in [-0.1, -0.05) is 18.2 Å². The van der Waals surface area contributed by atoms with E-state index in [0.29, 0.717) is 5.69 Å². The number of esters is 2. The summed E-state index contributed by atoms with van der Waals surface area (Å²) in [6.45, 7) is 1.19. The quantitative estimate of drug-likeness (QED) is 0.318. The standard InChI is InChI=1S/C20H19N3O6/c1-12(24)17(18(25)21-15-7-5-4-6-8-15)23-22-16-10-13(19(26)28-2)9-14(11-16)20(27)29-3/h4-11,22H,1-3H3,(H,21,25)/b23-17-. The monoisotopic (exact) mass is 397 g/mol. The van der Waals surface area contributed by atoms with Crippen molar-refractivity contribution in [3.8, 4) is 0 Å². The summed E-state index contributed by atoms with van der Waals surface area (Å²) in [6.07, 6.45) is 0. The van der Waals surface area contributed by atoms with E-state index >= 15 is 0 Å². The van der Waals surface area contributed by atoms with Gasteiger partial charge in [-0.15, -0.1) is 0 Å². The number of hydrazone groups is 1. The summed E-state index contributed by atoms with van der Waals surface area (Å²) in [6, 6.07) is 12.6. The van der Waals surface area contributed by atoms with Crippen LogP contribution in [0.3, 0.4) is 0 Å². The van der Waals surface area contributed by atoms with Crippen LogP contribution >= 0.6 is 0 Å². The van der Waals surface area contributed by atoms with Crippen molar-refractivity contribution in [2.24, 2.45) is 5.10 Å². The van der Waals surface area contributed by atoms with Crippen molar-refractivity contribution < 1.29 is 28.7 Å². The first kappa shape index (κ1) is 21.3. The molecule has 0 unspecified atom stereocenters. The van der Waals surface area contributed by atoms with Crippen molar-refractivity contribution in [3.05, 3.63) is 59.7 Å². The van der Waals surface area contributed by atoms with Gasteiger partial charge in [0, 0.05) is 12.6 Å². The van der Waals surface area contributed by atoms with Crippen LogP contribution in [0.15, 0.2) is 53.6 Å². The molecule has 0 radical (unpaired) electrons. The average molecular weight is 397 g/mol. The SMILES string of the molecule is COC(=O)c1cc(N/N=C(/C(C)=O)C(=O)Nc2ccccc2)cc(C(=O)OC)c1. The number of nitrogens with zero attached hydrogens (tertiary/aromatic N) is 1. The molecule has 0 saturated carbocycles. The molecular weight excluding hydrogens is 378 g/mol. The lowest BCUT2D eigenvalue weighted by molar-refractivity contribution is -0.114. The summed E-state index contributed by atoms with van der Waals surface area (Å²) >= 11 is 0. The number of benzene rings is 2. The number of amides is 1. The molecule has 0 bridgehead atoms. The number of carbonyl (C=O) groups excluding carboxylic acids is 4. The van der Waals surface area contributed by atoms with Crippen LogP contribution in [0.2, 0.25) is 0 Å². The normalized spacial score (nSPS) is 10.7. The highest BCUT2D eigenvalue weighted by molar-refractivity contribution is 6.67. The second kappa shape index (κ2) is 9.79. The summed E-state index contributed by atoms with van der Waals surface area (Å²) in [7, 11) is 2.39. The first-order chi connectivity index (χ1) is 13.8. The van der Waals surface area contributed by atoms with E-state index in [1.807, 2.05) is 0 Å². The number of carbonyl (C=O) groups is 4. The van der Waals surface area contributed by atoms with E-state index in [0.717, 1.165) is 0 Å². The van der Waals surface area contributed by atoms with Crippen molar-refractivity contribution in [1.82, 2.24) is 0 Å². The number of Topliss-reactive ketones (excluding diaryl/α,β-unsaturated/α-hetero) is 1. The van der Waals surface area contributed by atoms with E-state index in [1.165, 1.54) is 39.3 Å². The van der Waals surface area contributed by atoms with E-state index in [-0.39, 0.29) is 16.8 Å². The second-order valence-electron chi connectivity index (χ2n) is 5.73. The number of ether oxygens (including phenoxy) is 2. The summed E-state index contributed by atoms with van der Waals surface area (Å²) in [5.41, 5.74) is 2.93. The predicted octanol–water partition coefficient (Wildman–Crippen LogP) is 2.26. The second-order valence-corrected chi connectivity index (χ2v) is 5.73. The highest BCUT2D eigenvalue weighted by Gasteiger charge is 2.18. The van der Waals surface area contributed by atoms with Gasteiger partial charge in [-0.3, -0.25) is 15.0 Å². The number of hydrogen-bond acceptors (Lipinski definition) is 8. The summed E-state index contributed by atoms with van der Waals surface area (Å²) in [4.78, 5) is 47.9. The Balaban J connectivity index is 2.32. The van der Waals surface area contributed by atoms with Crippen molar-refractivity contribution in [1.29, 1.82) is 0 Å². The lowest BCUT2D eigenvalue weighted by atomic mass is 10.1. The Hall–Kier alpha value is -4.01. The van der Waals surface area contributed by atoms with Gasteiger partial charge in [-0.25, -0.2) is 9.59 Å². The molecule has 0 aliphatic carbocycles. The Morgan fingerprint density at radius 3 is 1.86 bits per heavy atom. The molecule has 29 heavy (non-hydrogen) atoms. The zero-order valence-corrected chi connectivity index (χ0v) is 16.0. The number of anilines is 2. The van der Waals surface area contributed by atoms with Gasteiger partial charge >= 0.3 is 11.9 Å². The van der Waals surface area contributed by atoms with Gasteiger partial charge < -0.3 is 14.8 Å². The highest BCUT2D eigenvalue weighted by atomic mass is 16.5. The summed E-state index contributed by atoms with van der Waals surface area (Å²) < 4.78 is 9.31. The maximum Gasteiger partial charge on any atom is 0.337 e. The van der Waals surface area contributed by atoms with Gasteiger partial charge in [-0.05, 0) is 30.3 Å². The molecule has 0 fully saturated rings. The minimum Gasteiger partial charge on any atom is -0.465 e. The molecule has 0 aliphatic rings. The van der Waals surface area contributed by atoms with Crippen LogP contribution < -0.4 is 10.7 Å². The Kier molecular flexibility index (Phi) is 7.19. The number of methoxy groups -OCH3 is 2. The van der Waals surface area contributed by atoms with Crippen LogP contribution in [0.4, 0.5) is 11.4 Å². The van der Waals surface area contributed by atoms with Crippen LogP contribution in [-0.2, 0) is 19.1 Å². The third-order valence-corrected chi connectivity index (χ3v) is 3.65. The molecular formula is C20H19N3O6. The van der Waals surface area contributed by atoms with Crippen molar-refractivity contribution >= 4 is 40.7 Å². The van der Waals surface area contributed by atoms with Crippen LogP contribution in [0.1, 0.15) is 27.6 Å². The third-order valence-electron chi connectivity index (χ3n) is 3.65.